The van der Waals surface area contributed by atoms with Crippen LogP contribution in [0.2, 0.25) is 0 Å². The van der Waals surface area contributed by atoms with Crippen LogP contribution in [-0.2, 0) is 6.18 Å². The van der Waals surface area contributed by atoms with E-state index in [0.29, 0.717) is 12.5 Å². The van der Waals surface area contributed by atoms with E-state index in [1.54, 1.807) is 0 Å². The van der Waals surface area contributed by atoms with Gasteiger partial charge in [0.2, 0.25) is 0 Å². The van der Waals surface area contributed by atoms with E-state index in [9.17, 15) is 13.2 Å². The van der Waals surface area contributed by atoms with E-state index < -0.39 is 11.7 Å². The SMILES string of the molecule is CCN1CCC(CNc2cc(C(F)(F)F)cc(N)n2)CC1. The van der Waals surface area contributed by atoms with Gasteiger partial charge in [-0.2, -0.15) is 13.2 Å². The van der Waals surface area contributed by atoms with Crippen LogP contribution in [-0.4, -0.2) is 36.1 Å². The molecule has 1 fully saturated rings. The lowest BCUT2D eigenvalue weighted by molar-refractivity contribution is -0.137. The molecule has 0 amide bonds. The summed E-state index contributed by atoms with van der Waals surface area (Å²) in [6.07, 6.45) is -2.30. The zero-order valence-corrected chi connectivity index (χ0v) is 12.1. The number of alkyl halides is 3. The Morgan fingerprint density at radius 3 is 2.57 bits per heavy atom. The van der Waals surface area contributed by atoms with E-state index in [0.717, 1.165) is 44.6 Å². The first kappa shape index (κ1) is 15.9. The van der Waals surface area contributed by atoms with Gasteiger partial charge in [0.25, 0.3) is 0 Å². The van der Waals surface area contributed by atoms with Crippen molar-refractivity contribution in [1.82, 2.24) is 9.88 Å². The third-order valence-corrected chi connectivity index (χ3v) is 3.90. The van der Waals surface area contributed by atoms with Crippen molar-refractivity contribution >= 4 is 11.6 Å². The van der Waals surface area contributed by atoms with Crippen molar-refractivity contribution in [3.63, 3.8) is 0 Å². The largest absolute Gasteiger partial charge is 0.416 e. The van der Waals surface area contributed by atoms with Crippen LogP contribution in [0.15, 0.2) is 12.1 Å². The van der Waals surface area contributed by atoms with Gasteiger partial charge in [0.15, 0.2) is 0 Å². The molecule has 0 aromatic carbocycles. The summed E-state index contributed by atoms with van der Waals surface area (Å²) in [6, 6.07) is 1.86. The summed E-state index contributed by atoms with van der Waals surface area (Å²) >= 11 is 0. The first-order valence-corrected chi connectivity index (χ1v) is 7.19. The number of rotatable bonds is 4. The number of halogens is 3. The molecule has 1 aromatic rings. The molecule has 0 spiro atoms. The average Bonchev–Trinajstić information content (AvgIpc) is 2.44. The molecule has 1 aliphatic heterocycles. The number of pyridine rings is 1. The number of hydrogen-bond acceptors (Lipinski definition) is 4. The summed E-state index contributed by atoms with van der Waals surface area (Å²) < 4.78 is 38.1. The second-order valence-electron chi connectivity index (χ2n) is 5.42. The molecule has 1 saturated heterocycles. The fourth-order valence-corrected chi connectivity index (χ4v) is 2.56. The molecule has 0 unspecified atom stereocenters. The quantitative estimate of drug-likeness (QED) is 0.898. The van der Waals surface area contributed by atoms with Crippen molar-refractivity contribution in [2.24, 2.45) is 5.92 Å². The summed E-state index contributed by atoms with van der Waals surface area (Å²) in [6.45, 7) is 5.90. The van der Waals surface area contributed by atoms with Crippen molar-refractivity contribution in [3.8, 4) is 0 Å². The molecular weight excluding hydrogens is 281 g/mol. The van der Waals surface area contributed by atoms with Gasteiger partial charge in [-0.15, -0.1) is 0 Å². The topological polar surface area (TPSA) is 54.2 Å². The van der Waals surface area contributed by atoms with Crippen LogP contribution in [0.4, 0.5) is 24.8 Å². The highest BCUT2D eigenvalue weighted by molar-refractivity contribution is 5.47. The van der Waals surface area contributed by atoms with Crippen LogP contribution in [0.3, 0.4) is 0 Å². The van der Waals surface area contributed by atoms with Gasteiger partial charge >= 0.3 is 6.18 Å². The van der Waals surface area contributed by atoms with Crippen LogP contribution in [0.5, 0.6) is 0 Å². The van der Waals surface area contributed by atoms with Crippen molar-refractivity contribution in [3.05, 3.63) is 17.7 Å². The standard InChI is InChI=1S/C14H21F3N4/c1-2-21-5-3-10(4-6-21)9-19-13-8-11(14(15,16)17)7-12(18)20-13/h7-8,10H,2-6,9H2,1H3,(H3,18,19,20). The van der Waals surface area contributed by atoms with E-state index in [1.807, 2.05) is 0 Å². The molecule has 4 nitrogen and oxygen atoms in total. The maximum atomic E-state index is 12.7. The van der Waals surface area contributed by atoms with Gasteiger partial charge in [0.05, 0.1) is 5.56 Å². The van der Waals surface area contributed by atoms with Crippen molar-refractivity contribution in [1.29, 1.82) is 0 Å². The molecule has 0 saturated carbocycles. The lowest BCUT2D eigenvalue weighted by Gasteiger charge is -2.31. The predicted octanol–water partition coefficient (Wildman–Crippen LogP) is 2.83. The minimum absolute atomic E-state index is 0.117. The van der Waals surface area contributed by atoms with E-state index in [4.69, 9.17) is 5.73 Å². The van der Waals surface area contributed by atoms with Gasteiger partial charge in [0.1, 0.15) is 11.6 Å². The van der Waals surface area contributed by atoms with E-state index in [1.165, 1.54) is 0 Å². The second-order valence-corrected chi connectivity index (χ2v) is 5.42. The summed E-state index contributed by atoms with van der Waals surface area (Å²) in [5.74, 6) is 0.541. The number of nitrogen functional groups attached to an aromatic ring is 1. The third-order valence-electron chi connectivity index (χ3n) is 3.90. The van der Waals surface area contributed by atoms with Gasteiger partial charge in [-0.05, 0) is 50.5 Å². The maximum absolute atomic E-state index is 12.7. The number of nitrogens with two attached hydrogens (primary N) is 1. The van der Waals surface area contributed by atoms with E-state index >= 15 is 0 Å². The lowest BCUT2D eigenvalue weighted by atomic mass is 9.97. The normalized spacial score (nSPS) is 17.9. The number of likely N-dealkylation sites (tertiary alicyclic amines) is 1. The minimum Gasteiger partial charge on any atom is -0.384 e. The number of anilines is 2. The molecule has 0 radical (unpaired) electrons. The Morgan fingerprint density at radius 1 is 1.33 bits per heavy atom. The van der Waals surface area contributed by atoms with Crippen LogP contribution in [0.25, 0.3) is 0 Å². The first-order chi connectivity index (χ1) is 9.88. The molecule has 3 N–H and O–H groups in total. The van der Waals surface area contributed by atoms with Crippen molar-refractivity contribution in [2.75, 3.05) is 37.2 Å². The molecule has 0 atom stereocenters. The Hall–Kier alpha value is -1.50. The summed E-state index contributed by atoms with van der Waals surface area (Å²) in [4.78, 5) is 6.29. The Morgan fingerprint density at radius 2 is 2.00 bits per heavy atom. The highest BCUT2D eigenvalue weighted by Gasteiger charge is 2.31. The summed E-state index contributed by atoms with van der Waals surface area (Å²) in [7, 11) is 0. The highest BCUT2D eigenvalue weighted by atomic mass is 19.4. The number of piperidine rings is 1. The summed E-state index contributed by atoms with van der Waals surface area (Å²) in [5.41, 5.74) is 4.68. The van der Waals surface area contributed by atoms with Gasteiger partial charge in [-0.3, -0.25) is 0 Å². The zero-order valence-electron chi connectivity index (χ0n) is 12.1. The molecule has 2 heterocycles. The third kappa shape index (κ3) is 4.49. The van der Waals surface area contributed by atoms with Gasteiger partial charge < -0.3 is 16.0 Å². The molecule has 1 aliphatic rings. The highest BCUT2D eigenvalue weighted by Crippen LogP contribution is 2.31. The number of aromatic nitrogens is 1. The predicted molar refractivity (Wildman–Crippen MR) is 77.0 cm³/mol. The maximum Gasteiger partial charge on any atom is 0.416 e. The van der Waals surface area contributed by atoms with Crippen LogP contribution in [0, 0.1) is 5.92 Å². The molecule has 2 rings (SSSR count). The van der Waals surface area contributed by atoms with E-state index in [-0.39, 0.29) is 11.6 Å². The Bertz CT molecular complexity index is 468. The number of nitrogens with zero attached hydrogens (tertiary/aromatic N) is 2. The smallest absolute Gasteiger partial charge is 0.384 e. The molecule has 1 aromatic heterocycles. The Kier molecular flexibility index (Phi) is 4.92. The Labute approximate surface area is 122 Å². The molecule has 0 bridgehead atoms. The number of nitrogens with one attached hydrogen (secondary N) is 1. The van der Waals surface area contributed by atoms with Gasteiger partial charge in [0, 0.05) is 6.54 Å². The average molecular weight is 302 g/mol. The van der Waals surface area contributed by atoms with Crippen LogP contribution < -0.4 is 11.1 Å². The fourth-order valence-electron chi connectivity index (χ4n) is 2.56. The first-order valence-electron chi connectivity index (χ1n) is 7.19. The fraction of sp³-hybridized carbons (Fsp3) is 0.643. The van der Waals surface area contributed by atoms with Gasteiger partial charge in [-0.1, -0.05) is 6.92 Å². The molecule has 21 heavy (non-hydrogen) atoms. The lowest BCUT2D eigenvalue weighted by Crippen LogP contribution is -2.35. The number of hydrogen-bond donors (Lipinski definition) is 2. The minimum atomic E-state index is -4.40. The Balaban J connectivity index is 1.93. The summed E-state index contributed by atoms with van der Waals surface area (Å²) in [5, 5.41) is 2.99. The van der Waals surface area contributed by atoms with Gasteiger partial charge in [-0.25, -0.2) is 4.98 Å². The van der Waals surface area contributed by atoms with Crippen LogP contribution >= 0.6 is 0 Å². The van der Waals surface area contributed by atoms with Crippen molar-refractivity contribution < 1.29 is 13.2 Å². The second kappa shape index (κ2) is 6.51. The van der Waals surface area contributed by atoms with E-state index in [2.05, 4.69) is 22.1 Å². The molecular formula is C14H21F3N4. The van der Waals surface area contributed by atoms with Crippen molar-refractivity contribution in [2.45, 2.75) is 25.9 Å². The van der Waals surface area contributed by atoms with Crippen LogP contribution in [0.1, 0.15) is 25.3 Å². The molecule has 7 heteroatoms. The zero-order chi connectivity index (χ0) is 15.5. The molecule has 118 valence electrons. The monoisotopic (exact) mass is 302 g/mol. The molecule has 0 aliphatic carbocycles.